The fourth-order valence-electron chi connectivity index (χ4n) is 2.08. The molecule has 1 rings (SSSR count). The predicted molar refractivity (Wildman–Crippen MR) is 76.6 cm³/mol. The molecule has 0 heterocycles. The maximum absolute atomic E-state index is 11.3. The van der Waals surface area contributed by atoms with Crippen molar-refractivity contribution in [1.82, 2.24) is 0 Å². The molecule has 0 atom stereocenters. The van der Waals surface area contributed by atoms with E-state index in [1.807, 2.05) is 6.92 Å². The molecule has 10 heteroatoms. The number of nitrogens with zero attached hydrogens (tertiary/aromatic N) is 1. The van der Waals surface area contributed by atoms with Crippen molar-refractivity contribution in [2.24, 2.45) is 0 Å². The van der Waals surface area contributed by atoms with E-state index in [1.54, 1.807) is 19.9 Å². The molecule has 0 aliphatic carbocycles. The number of rotatable bonds is 5. The average Bonchev–Trinajstić information content (AvgIpc) is 2.18. The van der Waals surface area contributed by atoms with Crippen LogP contribution in [0, 0.1) is 13.8 Å². The van der Waals surface area contributed by atoms with Crippen molar-refractivity contribution in [3.63, 3.8) is 0 Å². The van der Waals surface area contributed by atoms with E-state index in [-0.39, 0.29) is 40.4 Å². The van der Waals surface area contributed by atoms with Gasteiger partial charge in [-0.3, -0.25) is 9.11 Å². The zero-order chi connectivity index (χ0) is 15.7. The second kappa shape index (κ2) is 7.40. The van der Waals surface area contributed by atoms with E-state index < -0.39 is 20.6 Å². The number of hydrogen-bond donors (Lipinski definition) is 2. The Bertz CT molecular complexity index is 688. The molecule has 0 aliphatic heterocycles. The Labute approximate surface area is 148 Å². The van der Waals surface area contributed by atoms with Gasteiger partial charge in [0, 0.05) is 0 Å². The summed E-state index contributed by atoms with van der Waals surface area (Å²) in [6, 6.07) is 3.06. The van der Waals surface area contributed by atoms with E-state index in [0.717, 1.165) is 0 Å². The quantitative estimate of drug-likeness (QED) is 0.510. The van der Waals surface area contributed by atoms with E-state index in [0.29, 0.717) is 29.5 Å². The van der Waals surface area contributed by atoms with Crippen molar-refractivity contribution in [1.29, 1.82) is 0 Å². The van der Waals surface area contributed by atoms with Crippen LogP contribution in [0.3, 0.4) is 0 Å². The normalized spacial score (nSPS) is 11.9. The van der Waals surface area contributed by atoms with Gasteiger partial charge in [0.25, 0.3) is 0 Å². The Morgan fingerprint density at radius 1 is 1.10 bits per heavy atom. The molecule has 0 fully saturated rings. The molecule has 0 aromatic heterocycles. The summed E-state index contributed by atoms with van der Waals surface area (Å²) < 4.78 is 63.0. The summed E-state index contributed by atoms with van der Waals surface area (Å²) >= 11 is 0. The van der Waals surface area contributed by atoms with E-state index in [9.17, 15) is 16.8 Å². The minimum Gasteiger partial charge on any atom is -1.00 e. The molecule has 0 unspecified atom stereocenters. The van der Waals surface area contributed by atoms with Crippen LogP contribution in [-0.2, 0) is 27.0 Å². The Balaban J connectivity index is 0. The molecule has 1 aromatic rings. The fraction of sp³-hybridized carbons (Fsp3) is 0.455. The number of benzene rings is 1. The molecule has 2 N–H and O–H groups in total. The van der Waals surface area contributed by atoms with Crippen LogP contribution in [0.4, 0.5) is 5.69 Å². The molecule has 116 valence electrons. The molecule has 0 bridgehead atoms. The van der Waals surface area contributed by atoms with Crippen LogP contribution in [0.15, 0.2) is 12.1 Å². The van der Waals surface area contributed by atoms with Crippen LogP contribution in [0.2, 0.25) is 0 Å². The van der Waals surface area contributed by atoms with Gasteiger partial charge in [0.15, 0.2) is 0 Å². The summed E-state index contributed by atoms with van der Waals surface area (Å²) in [5.74, 6) is 0. The van der Waals surface area contributed by atoms with Gasteiger partial charge >= 0.3 is 50.2 Å². The molecule has 0 amide bonds. The molecular formula is C11H18NNaO6S2. The van der Waals surface area contributed by atoms with Gasteiger partial charge < -0.3 is 1.43 Å². The van der Waals surface area contributed by atoms with Gasteiger partial charge in [-0.05, 0) is 43.0 Å². The van der Waals surface area contributed by atoms with Crippen molar-refractivity contribution in [3.05, 3.63) is 28.8 Å². The monoisotopic (exact) mass is 347 g/mol. The van der Waals surface area contributed by atoms with Crippen LogP contribution in [0.5, 0.6) is 0 Å². The standard InChI is InChI=1S/C11H17NO6S2.Na.H/c1-4-5-10-9(3)6-8(2)7-11(10)12(19(13,14)15)20(16,17)18;;/h6-7H,4-5H2,1-3H3,(H,13,14,15)(H,16,17,18);;/q;+1;-1. The minimum absolute atomic E-state index is 0. The molecular weight excluding hydrogens is 329 g/mol. The van der Waals surface area contributed by atoms with Crippen molar-refractivity contribution in [2.75, 3.05) is 3.71 Å². The van der Waals surface area contributed by atoms with Crippen LogP contribution >= 0.6 is 0 Å². The van der Waals surface area contributed by atoms with E-state index in [4.69, 9.17) is 9.11 Å². The summed E-state index contributed by atoms with van der Waals surface area (Å²) in [6.45, 7) is 5.19. The predicted octanol–water partition coefficient (Wildman–Crippen LogP) is -1.22. The summed E-state index contributed by atoms with van der Waals surface area (Å²) in [4.78, 5) is 0. The van der Waals surface area contributed by atoms with Crippen LogP contribution in [0.1, 0.15) is 31.5 Å². The van der Waals surface area contributed by atoms with Gasteiger partial charge in [0.2, 0.25) is 0 Å². The SMILES string of the molecule is CCCc1c(C)cc(C)cc1N(S(=O)(=O)O)S(=O)(=O)O.[H-].[Na+]. The third kappa shape index (κ3) is 5.20. The Morgan fingerprint density at radius 3 is 1.95 bits per heavy atom. The first kappa shape index (κ1) is 20.8. The average molecular weight is 347 g/mol. The number of hydrogen-bond acceptors (Lipinski definition) is 4. The van der Waals surface area contributed by atoms with Crippen molar-refractivity contribution >= 4 is 26.3 Å². The maximum Gasteiger partial charge on any atom is 1.00 e. The molecule has 7 nitrogen and oxygen atoms in total. The van der Waals surface area contributed by atoms with E-state index in [2.05, 4.69) is 0 Å². The maximum atomic E-state index is 11.3. The van der Waals surface area contributed by atoms with Crippen molar-refractivity contribution in [3.8, 4) is 0 Å². The van der Waals surface area contributed by atoms with Gasteiger partial charge in [-0.15, -0.1) is 3.71 Å². The summed E-state index contributed by atoms with van der Waals surface area (Å²) in [5.41, 5.74) is 1.47. The second-order valence-corrected chi connectivity index (χ2v) is 7.24. The molecule has 0 spiro atoms. The molecule has 1 aromatic carbocycles. The summed E-state index contributed by atoms with van der Waals surface area (Å²) in [5, 5.41) is 0. The first-order chi connectivity index (χ1) is 8.98. The van der Waals surface area contributed by atoms with Gasteiger partial charge in [0.1, 0.15) is 0 Å². The smallest absolute Gasteiger partial charge is 1.00 e. The van der Waals surface area contributed by atoms with Crippen LogP contribution < -0.4 is 33.3 Å². The van der Waals surface area contributed by atoms with Crippen molar-refractivity contribution in [2.45, 2.75) is 33.6 Å². The first-order valence-electron chi connectivity index (χ1n) is 5.84. The third-order valence-corrected chi connectivity index (χ3v) is 5.07. The topological polar surface area (TPSA) is 112 Å². The molecule has 0 saturated heterocycles. The second-order valence-electron chi connectivity index (χ2n) is 4.48. The third-order valence-electron chi connectivity index (χ3n) is 2.71. The van der Waals surface area contributed by atoms with E-state index >= 15 is 0 Å². The molecule has 0 radical (unpaired) electrons. The minimum atomic E-state index is -5.15. The van der Waals surface area contributed by atoms with Crippen molar-refractivity contribution < 1.29 is 56.9 Å². The van der Waals surface area contributed by atoms with E-state index in [1.165, 1.54) is 6.07 Å². The van der Waals surface area contributed by atoms with Gasteiger partial charge in [0.05, 0.1) is 5.69 Å². The van der Waals surface area contributed by atoms with Gasteiger partial charge in [-0.2, -0.15) is 16.8 Å². The Hall–Kier alpha value is -0.160. The largest absolute Gasteiger partial charge is 1.00 e. The van der Waals surface area contributed by atoms with Crippen LogP contribution in [-0.4, -0.2) is 25.9 Å². The Morgan fingerprint density at radius 2 is 1.57 bits per heavy atom. The van der Waals surface area contributed by atoms with Gasteiger partial charge in [-0.1, -0.05) is 19.4 Å². The number of anilines is 1. The zero-order valence-corrected chi connectivity index (χ0v) is 16.0. The zero-order valence-electron chi connectivity index (χ0n) is 13.4. The molecule has 0 saturated carbocycles. The summed E-state index contributed by atoms with van der Waals surface area (Å²) in [6.07, 6.45) is 1.05. The Kier molecular flexibility index (Phi) is 7.35. The number of aryl methyl sites for hydroxylation is 2. The fourth-order valence-corrected chi connectivity index (χ4v) is 3.86. The molecule has 21 heavy (non-hydrogen) atoms. The summed E-state index contributed by atoms with van der Waals surface area (Å²) in [7, 11) is -10.3. The first-order valence-corrected chi connectivity index (χ1v) is 8.63. The van der Waals surface area contributed by atoms with Gasteiger partial charge in [-0.25, -0.2) is 0 Å². The molecule has 0 aliphatic rings. The van der Waals surface area contributed by atoms with Crippen LogP contribution in [0.25, 0.3) is 0 Å².